The average molecular weight is 704 g/mol. The van der Waals surface area contributed by atoms with Crippen LogP contribution >= 0.6 is 11.3 Å². The summed E-state index contributed by atoms with van der Waals surface area (Å²) < 4.78 is 2.64. The Morgan fingerprint density at radius 1 is 0.315 bits per heavy atom. The van der Waals surface area contributed by atoms with Gasteiger partial charge in [-0.05, 0) is 114 Å². The average Bonchev–Trinajstić information content (AvgIpc) is 3.60. The van der Waals surface area contributed by atoms with Crippen LogP contribution in [0.15, 0.2) is 200 Å². The van der Waals surface area contributed by atoms with E-state index in [9.17, 15) is 0 Å². The largest absolute Gasteiger partial charge is 0.310 e. The second-order valence-electron chi connectivity index (χ2n) is 14.1. The number of anilines is 3. The van der Waals surface area contributed by atoms with E-state index in [4.69, 9.17) is 0 Å². The summed E-state index contributed by atoms with van der Waals surface area (Å²) in [5, 5.41) is 12.8. The van der Waals surface area contributed by atoms with Crippen LogP contribution in [0.3, 0.4) is 0 Å². The van der Waals surface area contributed by atoms with E-state index in [2.05, 4.69) is 205 Å². The molecule has 0 saturated heterocycles. The summed E-state index contributed by atoms with van der Waals surface area (Å²) in [6.07, 6.45) is 0. The molecule has 0 N–H and O–H groups in total. The number of thiophene rings is 1. The third-order valence-electron chi connectivity index (χ3n) is 11.0. The maximum atomic E-state index is 2.42. The summed E-state index contributed by atoms with van der Waals surface area (Å²) in [4.78, 5) is 2.42. The maximum absolute atomic E-state index is 2.42. The molecular formula is C52H33NS. The molecule has 0 unspecified atom stereocenters. The van der Waals surface area contributed by atoms with Crippen LogP contribution in [-0.4, -0.2) is 0 Å². The summed E-state index contributed by atoms with van der Waals surface area (Å²) in [7, 11) is 0. The highest BCUT2D eigenvalue weighted by Gasteiger charge is 2.19. The second kappa shape index (κ2) is 12.4. The van der Waals surface area contributed by atoms with Gasteiger partial charge >= 0.3 is 0 Å². The highest BCUT2D eigenvalue weighted by Crippen LogP contribution is 2.44. The van der Waals surface area contributed by atoms with Crippen LogP contribution in [0, 0.1) is 0 Å². The van der Waals surface area contributed by atoms with Crippen molar-refractivity contribution in [3.63, 3.8) is 0 Å². The molecular weight excluding hydrogens is 671 g/mol. The monoisotopic (exact) mass is 703 g/mol. The minimum absolute atomic E-state index is 1.11. The van der Waals surface area contributed by atoms with Crippen molar-refractivity contribution in [3.8, 4) is 22.3 Å². The maximum Gasteiger partial charge on any atom is 0.0540 e. The lowest BCUT2D eigenvalue weighted by Gasteiger charge is -2.28. The zero-order valence-corrected chi connectivity index (χ0v) is 30.2. The minimum atomic E-state index is 1.11. The lowest BCUT2D eigenvalue weighted by molar-refractivity contribution is 1.29. The molecule has 0 fully saturated rings. The van der Waals surface area contributed by atoms with Gasteiger partial charge in [-0.25, -0.2) is 0 Å². The van der Waals surface area contributed by atoms with Crippen molar-refractivity contribution in [2.45, 2.75) is 0 Å². The highest BCUT2D eigenvalue weighted by molar-refractivity contribution is 7.25. The van der Waals surface area contributed by atoms with Crippen LogP contribution in [0.2, 0.25) is 0 Å². The molecule has 0 aliphatic heterocycles. The molecule has 54 heavy (non-hydrogen) atoms. The molecule has 10 aromatic carbocycles. The molecule has 1 heterocycles. The number of rotatable bonds is 5. The van der Waals surface area contributed by atoms with Gasteiger partial charge in [0.1, 0.15) is 0 Å². The van der Waals surface area contributed by atoms with Gasteiger partial charge in [0.2, 0.25) is 0 Å². The van der Waals surface area contributed by atoms with Crippen LogP contribution in [0.25, 0.3) is 85.5 Å². The zero-order chi connectivity index (χ0) is 35.6. The Labute approximate surface area is 317 Å². The first kappa shape index (κ1) is 30.8. The normalized spacial score (nSPS) is 11.7. The Morgan fingerprint density at radius 3 is 1.83 bits per heavy atom. The van der Waals surface area contributed by atoms with Gasteiger partial charge in [-0.15, -0.1) is 11.3 Å². The fourth-order valence-corrected chi connectivity index (χ4v) is 9.60. The summed E-state index contributed by atoms with van der Waals surface area (Å²) in [5.74, 6) is 0. The molecule has 1 nitrogen and oxygen atoms in total. The van der Waals surface area contributed by atoms with Gasteiger partial charge < -0.3 is 4.90 Å². The molecule has 0 atom stereocenters. The Morgan fingerprint density at radius 2 is 0.963 bits per heavy atom. The lowest BCUT2D eigenvalue weighted by Crippen LogP contribution is -2.11. The number of benzene rings is 10. The standard InChI is InChI=1S/C52H33NS/c1-2-12-34(13-3-1)42-15-8-10-20-49(42)53(41-29-26-37-31-48-45-18-9-11-21-50(45)54-51(48)33-39(37)30-41)40-27-24-36(25-28-40)47-32-38-23-22-35-14-4-5-16-43(35)52(38)46-19-7-6-17-44(46)47/h1-33H. The minimum Gasteiger partial charge on any atom is -0.310 e. The summed E-state index contributed by atoms with van der Waals surface area (Å²) in [5.41, 5.74) is 8.21. The van der Waals surface area contributed by atoms with E-state index >= 15 is 0 Å². The third-order valence-corrected chi connectivity index (χ3v) is 12.1. The van der Waals surface area contributed by atoms with E-state index in [0.29, 0.717) is 0 Å². The van der Waals surface area contributed by atoms with Crippen molar-refractivity contribution < 1.29 is 0 Å². The second-order valence-corrected chi connectivity index (χ2v) is 15.2. The SMILES string of the molecule is c1ccc(-c2ccccc2N(c2ccc(-c3cc4ccc5ccccc5c4c4ccccc34)cc2)c2ccc3cc4c(cc3c2)sc2ccccc24)cc1. The Bertz CT molecular complexity index is 3210. The summed E-state index contributed by atoms with van der Waals surface area (Å²) in [6, 6.07) is 73.5. The van der Waals surface area contributed by atoms with Crippen molar-refractivity contribution in [3.05, 3.63) is 200 Å². The molecule has 0 aliphatic carbocycles. The molecule has 0 amide bonds. The van der Waals surface area contributed by atoms with Gasteiger partial charge in [0.15, 0.2) is 0 Å². The molecule has 2 heteroatoms. The van der Waals surface area contributed by atoms with E-state index in [0.717, 1.165) is 17.1 Å². The van der Waals surface area contributed by atoms with E-state index in [1.54, 1.807) is 0 Å². The first-order chi connectivity index (χ1) is 26.8. The highest BCUT2D eigenvalue weighted by atomic mass is 32.1. The molecule has 252 valence electrons. The fraction of sp³-hybridized carbons (Fsp3) is 0. The van der Waals surface area contributed by atoms with E-state index < -0.39 is 0 Å². The van der Waals surface area contributed by atoms with Gasteiger partial charge in [-0.3, -0.25) is 0 Å². The predicted molar refractivity (Wildman–Crippen MR) is 235 cm³/mol. The molecule has 0 bridgehead atoms. The number of para-hydroxylation sites is 1. The summed E-state index contributed by atoms with van der Waals surface area (Å²) >= 11 is 1.87. The van der Waals surface area contributed by atoms with Gasteiger partial charge in [0, 0.05) is 37.1 Å². The van der Waals surface area contributed by atoms with Crippen LogP contribution in [0.5, 0.6) is 0 Å². The van der Waals surface area contributed by atoms with Crippen molar-refractivity contribution in [1.82, 2.24) is 0 Å². The molecule has 0 saturated carbocycles. The summed E-state index contributed by atoms with van der Waals surface area (Å²) in [6.45, 7) is 0. The van der Waals surface area contributed by atoms with Crippen LogP contribution < -0.4 is 4.90 Å². The molecule has 0 radical (unpaired) electrons. The van der Waals surface area contributed by atoms with Crippen LogP contribution in [0.1, 0.15) is 0 Å². The smallest absolute Gasteiger partial charge is 0.0540 e. The van der Waals surface area contributed by atoms with Gasteiger partial charge in [-0.1, -0.05) is 146 Å². The van der Waals surface area contributed by atoms with Gasteiger partial charge in [0.25, 0.3) is 0 Å². The van der Waals surface area contributed by atoms with Crippen molar-refractivity contribution in [2.24, 2.45) is 0 Å². The van der Waals surface area contributed by atoms with Crippen LogP contribution in [0.4, 0.5) is 17.1 Å². The number of nitrogens with zero attached hydrogens (tertiary/aromatic N) is 1. The number of hydrogen-bond acceptors (Lipinski definition) is 2. The first-order valence-electron chi connectivity index (χ1n) is 18.5. The first-order valence-corrected chi connectivity index (χ1v) is 19.3. The third kappa shape index (κ3) is 4.99. The molecule has 11 aromatic rings. The molecule has 0 spiro atoms. The molecule has 1 aromatic heterocycles. The van der Waals surface area contributed by atoms with Crippen LogP contribution in [-0.2, 0) is 0 Å². The number of hydrogen-bond donors (Lipinski definition) is 0. The topological polar surface area (TPSA) is 3.24 Å². The van der Waals surface area contributed by atoms with E-state index in [-0.39, 0.29) is 0 Å². The zero-order valence-electron chi connectivity index (χ0n) is 29.4. The Hall–Kier alpha value is -6.74. The van der Waals surface area contributed by atoms with E-state index in [1.807, 2.05) is 11.3 Å². The molecule has 11 rings (SSSR count). The van der Waals surface area contributed by atoms with Crippen molar-refractivity contribution >= 4 is 91.7 Å². The fourth-order valence-electron chi connectivity index (χ4n) is 8.46. The number of fused-ring (bicyclic) bond motifs is 9. The van der Waals surface area contributed by atoms with Crippen molar-refractivity contribution in [1.29, 1.82) is 0 Å². The Balaban J connectivity index is 1.09. The van der Waals surface area contributed by atoms with E-state index in [1.165, 1.54) is 85.5 Å². The van der Waals surface area contributed by atoms with Crippen molar-refractivity contribution in [2.75, 3.05) is 4.90 Å². The lowest BCUT2D eigenvalue weighted by atomic mass is 9.90. The molecule has 0 aliphatic rings. The van der Waals surface area contributed by atoms with Gasteiger partial charge in [0.05, 0.1) is 5.69 Å². The quantitative estimate of drug-likeness (QED) is 0.161. The predicted octanol–water partition coefficient (Wildman–Crippen LogP) is 15.5. The Kier molecular flexibility index (Phi) is 7.11. The van der Waals surface area contributed by atoms with Gasteiger partial charge in [-0.2, -0.15) is 0 Å².